The molecule has 3 aliphatic rings. The zero-order chi connectivity index (χ0) is 16.9. The molecule has 26 heavy (non-hydrogen) atoms. The summed E-state index contributed by atoms with van der Waals surface area (Å²) in [6.07, 6.45) is 11.0. The van der Waals surface area contributed by atoms with Crippen LogP contribution in [0.2, 0.25) is 0 Å². The number of thioether (sulfide) groups is 1. The number of alkyl halides is 1. The van der Waals surface area contributed by atoms with Crippen LogP contribution >= 0.6 is 36.5 Å². The van der Waals surface area contributed by atoms with Crippen LogP contribution in [0.4, 0.5) is 0 Å². The molecule has 0 saturated carbocycles. The van der Waals surface area contributed by atoms with Crippen molar-refractivity contribution in [2.24, 2.45) is 0 Å². The summed E-state index contributed by atoms with van der Waals surface area (Å²) in [6, 6.07) is 17.8. The third kappa shape index (κ3) is 5.59. The summed E-state index contributed by atoms with van der Waals surface area (Å²) in [7, 11) is 4.17. The van der Waals surface area contributed by atoms with Crippen molar-refractivity contribution in [1.82, 2.24) is 0 Å². The number of hydrogen-bond acceptors (Lipinski definition) is 2. The molecule has 0 aromatic heterocycles. The maximum absolute atomic E-state index is 4.17. The quantitative estimate of drug-likeness (QED) is 0.339. The molecule has 5 rings (SSSR count). The Morgan fingerprint density at radius 2 is 1.88 bits per heavy atom. The third-order valence-electron chi connectivity index (χ3n) is 3.85. The van der Waals surface area contributed by atoms with Gasteiger partial charge in [-0.05, 0) is 0 Å². The van der Waals surface area contributed by atoms with E-state index in [0.717, 1.165) is 29.1 Å². The van der Waals surface area contributed by atoms with E-state index in [2.05, 4.69) is 85.5 Å². The van der Waals surface area contributed by atoms with Gasteiger partial charge in [0.1, 0.15) is 0 Å². The Morgan fingerprint density at radius 3 is 2.65 bits per heavy atom. The Morgan fingerprint density at radius 1 is 1.12 bits per heavy atom. The average molecular weight is 559 g/mol. The predicted octanol–water partition coefficient (Wildman–Crippen LogP) is 0.405. The molecule has 0 N–H and O–H groups in total. The molecule has 6 heteroatoms. The van der Waals surface area contributed by atoms with E-state index in [1.165, 1.54) is 32.7 Å². The Bertz CT molecular complexity index is 849. The zero-order valence-corrected chi connectivity index (χ0v) is 20.7. The van der Waals surface area contributed by atoms with E-state index in [0.29, 0.717) is 4.16 Å². The van der Waals surface area contributed by atoms with Crippen molar-refractivity contribution < 1.29 is 47.5 Å². The van der Waals surface area contributed by atoms with E-state index >= 15 is 0 Å². The van der Waals surface area contributed by atoms with Gasteiger partial charge in [-0.25, -0.2) is 0 Å². The number of hydrogen-bond donors (Lipinski definition) is 0. The van der Waals surface area contributed by atoms with Crippen molar-refractivity contribution in [1.29, 1.82) is 0 Å². The number of benzene rings is 2. The van der Waals surface area contributed by atoms with Crippen LogP contribution in [0.5, 0.6) is 0 Å². The van der Waals surface area contributed by atoms with Gasteiger partial charge in [0.2, 0.25) is 0 Å². The smallest absolute Gasteiger partial charge is 0.0528 e. The molecule has 2 aromatic rings. The van der Waals surface area contributed by atoms with E-state index in [9.17, 15) is 0 Å². The molecule has 2 aliphatic carbocycles. The van der Waals surface area contributed by atoms with Gasteiger partial charge in [0, 0.05) is 4.16 Å². The molecule has 0 saturated heterocycles. The molecule has 0 amide bonds. The number of halogens is 3. The molecular weight excluding hydrogens is 546 g/mol. The summed E-state index contributed by atoms with van der Waals surface area (Å²) < 4.78 is 0.335. The molecule has 0 bridgehead atoms. The van der Waals surface area contributed by atoms with Crippen LogP contribution in [0.3, 0.4) is 0 Å². The zero-order valence-electron chi connectivity index (χ0n) is 13.5. The average Bonchev–Trinajstić information content (AvgIpc) is 3.31. The van der Waals surface area contributed by atoms with Gasteiger partial charge in [0.25, 0.3) is 0 Å². The van der Waals surface area contributed by atoms with Crippen molar-refractivity contribution in [2.45, 2.75) is 10.6 Å². The van der Waals surface area contributed by atoms with Crippen LogP contribution in [-0.4, -0.2) is 4.16 Å². The molecule has 0 spiro atoms. The van der Waals surface area contributed by atoms with Crippen molar-refractivity contribution in [3.8, 4) is 0 Å². The van der Waals surface area contributed by atoms with Crippen molar-refractivity contribution in [3.63, 3.8) is 0 Å². The summed E-state index contributed by atoms with van der Waals surface area (Å²) >= 11 is 6.49. The van der Waals surface area contributed by atoms with E-state index in [-0.39, 0.29) is 24.8 Å². The van der Waals surface area contributed by atoms with Gasteiger partial charge in [-0.3, -0.25) is 0 Å². The van der Waals surface area contributed by atoms with Crippen LogP contribution in [0.1, 0.15) is 22.3 Å². The first-order chi connectivity index (χ1) is 11.8. The van der Waals surface area contributed by atoms with Crippen molar-refractivity contribution in [3.05, 3.63) is 87.8 Å². The fourth-order valence-corrected chi connectivity index (χ4v) is 4.53. The minimum Gasteiger partial charge on any atom is -0.147 e. The van der Waals surface area contributed by atoms with Gasteiger partial charge in [0.05, 0.1) is 0 Å². The SMILES string of the molecule is BrC1[C-]=C2C(=Cc3ccccc32)S1.[Cl-].[Cl-].[S]=[Zr+2].[c-]1cccc2c1C=CC2. The summed E-state index contributed by atoms with van der Waals surface area (Å²) in [5.74, 6) is 0. The van der Waals surface area contributed by atoms with Crippen molar-refractivity contribution in [2.75, 3.05) is 0 Å². The fourth-order valence-electron chi connectivity index (χ4n) is 2.81. The second kappa shape index (κ2) is 11.9. The molecule has 0 radical (unpaired) electrons. The minimum absolute atomic E-state index is 0. The second-order valence-corrected chi connectivity index (χ2v) is 7.93. The molecule has 2 aromatic carbocycles. The topological polar surface area (TPSA) is 0 Å². The maximum atomic E-state index is 4.17. The van der Waals surface area contributed by atoms with Crippen LogP contribution in [0, 0.1) is 12.1 Å². The van der Waals surface area contributed by atoms with Gasteiger partial charge in [0.15, 0.2) is 0 Å². The molecule has 1 unspecified atom stereocenters. The molecule has 0 nitrogen and oxygen atoms in total. The molecular formula is C20H13BrCl2S2Zr-2. The fraction of sp³-hybridized carbons (Fsp3) is 0.100. The second-order valence-electron chi connectivity index (χ2n) is 5.26. The summed E-state index contributed by atoms with van der Waals surface area (Å²) in [5, 5.41) is 0. The summed E-state index contributed by atoms with van der Waals surface area (Å²) in [6.45, 7) is 0. The van der Waals surface area contributed by atoms with E-state index in [1.54, 1.807) is 0 Å². The van der Waals surface area contributed by atoms with Gasteiger partial charge in [-0.2, -0.15) is 23.4 Å². The number of allylic oxidation sites excluding steroid dienone is 2. The first-order valence-corrected chi connectivity index (χ1v) is 12.6. The molecule has 1 aliphatic heterocycles. The van der Waals surface area contributed by atoms with E-state index in [4.69, 9.17) is 0 Å². The van der Waals surface area contributed by atoms with Crippen LogP contribution < -0.4 is 24.8 Å². The van der Waals surface area contributed by atoms with Gasteiger partial charge in [-0.15, -0.1) is 65.3 Å². The van der Waals surface area contributed by atoms with Gasteiger partial charge < -0.3 is 24.8 Å². The molecule has 132 valence electrons. The number of fused-ring (bicyclic) bond motifs is 4. The Balaban J connectivity index is 0.000000232. The summed E-state index contributed by atoms with van der Waals surface area (Å²) in [4.78, 5) is 1.35. The monoisotopic (exact) mass is 556 g/mol. The van der Waals surface area contributed by atoms with E-state index < -0.39 is 0 Å². The van der Waals surface area contributed by atoms with Crippen LogP contribution in [0.15, 0.2) is 53.4 Å². The third-order valence-corrected chi connectivity index (χ3v) is 5.54. The van der Waals surface area contributed by atoms with E-state index in [1.807, 2.05) is 23.9 Å². The van der Waals surface area contributed by atoms with Crippen LogP contribution in [-0.2, 0) is 29.1 Å². The Hall–Kier alpha value is 0.173. The molecule has 1 atom stereocenters. The standard InChI is InChI=1S/C11H6BrS.C9H7.2ClH.S.Zr/c12-11-6-9-8-4-2-1-3-7(8)5-10(9)13-11;1-2-5-9-7-3-6-8(9)4-1;;;;/h1-5,11H;1-4,7H,6H2;2*1H;;/q2*-1;;;;+2/p-2. The largest absolute Gasteiger partial charge is 0.147 e. The number of rotatable bonds is 0. The first kappa shape index (κ1) is 24.2. The van der Waals surface area contributed by atoms with Gasteiger partial charge in [-0.1, -0.05) is 51.0 Å². The molecule has 0 fully saturated rings. The van der Waals surface area contributed by atoms with Gasteiger partial charge >= 0.3 is 31.5 Å². The Kier molecular flexibility index (Phi) is 11.1. The maximum Gasteiger partial charge on any atom is -0.0528 e. The first-order valence-electron chi connectivity index (χ1n) is 7.43. The normalized spacial score (nSPS) is 16.8. The van der Waals surface area contributed by atoms with Crippen LogP contribution in [0.25, 0.3) is 17.7 Å². The molecule has 1 heterocycles. The minimum atomic E-state index is 0. The van der Waals surface area contributed by atoms with Crippen molar-refractivity contribution >= 4 is 54.3 Å². The summed E-state index contributed by atoms with van der Waals surface area (Å²) in [5.41, 5.74) is 6.59. The predicted molar refractivity (Wildman–Crippen MR) is 107 cm³/mol. The Labute approximate surface area is 198 Å².